The van der Waals surface area contributed by atoms with Crippen LogP contribution in [0, 0.1) is 13.8 Å². The van der Waals surface area contributed by atoms with Gasteiger partial charge in [-0.2, -0.15) is 0 Å². The van der Waals surface area contributed by atoms with E-state index in [9.17, 15) is 4.79 Å². The van der Waals surface area contributed by atoms with E-state index < -0.39 is 0 Å². The molecule has 4 rings (SSSR count). The van der Waals surface area contributed by atoms with E-state index >= 15 is 0 Å². The van der Waals surface area contributed by atoms with Gasteiger partial charge in [0.2, 0.25) is 0 Å². The Kier molecular flexibility index (Phi) is 5.32. The molecule has 1 aliphatic rings. The summed E-state index contributed by atoms with van der Waals surface area (Å²) in [4.78, 5) is 21.9. The summed E-state index contributed by atoms with van der Waals surface area (Å²) >= 11 is 1.74. The molecule has 1 amide bonds. The lowest BCUT2D eigenvalue weighted by Crippen LogP contribution is -2.48. The Labute approximate surface area is 174 Å². The van der Waals surface area contributed by atoms with Crippen molar-refractivity contribution in [2.45, 2.75) is 13.8 Å². The highest BCUT2D eigenvalue weighted by molar-refractivity contribution is 7.22. The quantitative estimate of drug-likeness (QED) is 0.652. The van der Waals surface area contributed by atoms with Gasteiger partial charge in [0, 0.05) is 31.7 Å². The number of carbonyl (C=O) groups excluding carboxylic acids is 1. The van der Waals surface area contributed by atoms with E-state index in [1.165, 1.54) is 15.8 Å². The number of rotatable bonds is 4. The number of benzene rings is 2. The van der Waals surface area contributed by atoms with E-state index in [0.717, 1.165) is 23.7 Å². The summed E-state index contributed by atoms with van der Waals surface area (Å²) in [6.45, 7) is 7.12. The Hall–Kier alpha value is -2.80. The molecule has 3 aromatic rings. The van der Waals surface area contributed by atoms with Crippen molar-refractivity contribution >= 4 is 32.6 Å². The molecule has 0 spiro atoms. The molecule has 0 aliphatic carbocycles. The number of methoxy groups -OCH3 is 2. The van der Waals surface area contributed by atoms with Gasteiger partial charge in [0.25, 0.3) is 5.91 Å². The van der Waals surface area contributed by atoms with E-state index in [0.29, 0.717) is 30.2 Å². The van der Waals surface area contributed by atoms with Crippen LogP contribution in [0.5, 0.6) is 11.5 Å². The molecular formula is C22H25N3O3S. The molecule has 29 heavy (non-hydrogen) atoms. The van der Waals surface area contributed by atoms with Crippen molar-refractivity contribution in [1.82, 2.24) is 9.88 Å². The van der Waals surface area contributed by atoms with Crippen LogP contribution < -0.4 is 14.4 Å². The average Bonchev–Trinajstić information content (AvgIpc) is 3.17. The highest BCUT2D eigenvalue weighted by Gasteiger charge is 2.25. The first-order valence-electron chi connectivity index (χ1n) is 9.64. The van der Waals surface area contributed by atoms with Crippen molar-refractivity contribution < 1.29 is 14.3 Å². The van der Waals surface area contributed by atoms with Crippen LogP contribution in [0.3, 0.4) is 0 Å². The summed E-state index contributed by atoms with van der Waals surface area (Å²) in [5.74, 6) is 1.20. The van der Waals surface area contributed by atoms with Crippen LogP contribution in [0.4, 0.5) is 5.13 Å². The van der Waals surface area contributed by atoms with Crippen molar-refractivity contribution in [1.29, 1.82) is 0 Å². The molecule has 0 N–H and O–H groups in total. The lowest BCUT2D eigenvalue weighted by Gasteiger charge is -2.34. The molecule has 0 atom stereocenters. The van der Waals surface area contributed by atoms with Gasteiger partial charge in [-0.1, -0.05) is 17.4 Å². The monoisotopic (exact) mass is 411 g/mol. The van der Waals surface area contributed by atoms with Crippen LogP contribution in [-0.4, -0.2) is 56.2 Å². The van der Waals surface area contributed by atoms with E-state index in [2.05, 4.69) is 30.9 Å². The Bertz CT molecular complexity index is 1050. The van der Waals surface area contributed by atoms with E-state index in [-0.39, 0.29) is 5.91 Å². The van der Waals surface area contributed by atoms with Crippen LogP contribution in [0.2, 0.25) is 0 Å². The number of hydrogen-bond donors (Lipinski definition) is 0. The standard InChI is InChI=1S/C22H25N3O3S/c1-14-11-15(2)20-17(12-14)23-22(29-20)25-9-7-24(8-10-25)21(26)16-5-6-18(27-3)19(13-16)28-4/h5-6,11-13H,7-10H2,1-4H3. The minimum absolute atomic E-state index is 0.0152. The number of thiazole rings is 1. The molecule has 1 saturated heterocycles. The molecule has 2 heterocycles. The SMILES string of the molecule is COc1ccc(C(=O)N2CCN(c3nc4cc(C)cc(C)c4s3)CC2)cc1OC. The molecule has 0 radical (unpaired) electrons. The Morgan fingerprint density at radius 1 is 1.00 bits per heavy atom. The largest absolute Gasteiger partial charge is 0.493 e. The van der Waals surface area contributed by atoms with Crippen molar-refractivity contribution in [3.05, 3.63) is 47.0 Å². The number of aromatic nitrogens is 1. The van der Waals surface area contributed by atoms with Gasteiger partial charge in [-0.15, -0.1) is 0 Å². The number of hydrogen-bond acceptors (Lipinski definition) is 6. The first kappa shape index (κ1) is 19.5. The zero-order valence-electron chi connectivity index (χ0n) is 17.2. The normalized spacial score (nSPS) is 14.3. The molecule has 6 nitrogen and oxygen atoms in total. The second kappa shape index (κ2) is 7.91. The number of aryl methyl sites for hydroxylation is 2. The second-order valence-electron chi connectivity index (χ2n) is 7.28. The average molecular weight is 412 g/mol. The van der Waals surface area contributed by atoms with Crippen LogP contribution in [0.25, 0.3) is 10.2 Å². The van der Waals surface area contributed by atoms with Crippen LogP contribution in [0.1, 0.15) is 21.5 Å². The third kappa shape index (κ3) is 3.74. The number of anilines is 1. The van der Waals surface area contributed by atoms with Crippen molar-refractivity contribution in [3.63, 3.8) is 0 Å². The van der Waals surface area contributed by atoms with Crippen LogP contribution in [-0.2, 0) is 0 Å². The molecule has 2 aromatic carbocycles. The van der Waals surface area contributed by atoms with Crippen molar-refractivity contribution in [3.8, 4) is 11.5 Å². The van der Waals surface area contributed by atoms with Gasteiger partial charge in [0.05, 0.1) is 24.4 Å². The van der Waals surface area contributed by atoms with E-state index in [1.54, 1.807) is 43.8 Å². The predicted octanol–water partition coefficient (Wildman–Crippen LogP) is 3.89. The van der Waals surface area contributed by atoms with Gasteiger partial charge in [-0.3, -0.25) is 4.79 Å². The maximum absolute atomic E-state index is 12.9. The van der Waals surface area contributed by atoms with Crippen LogP contribution >= 0.6 is 11.3 Å². The maximum atomic E-state index is 12.9. The summed E-state index contributed by atoms with van der Waals surface area (Å²) in [7, 11) is 3.16. The van der Waals surface area contributed by atoms with Gasteiger partial charge in [0.1, 0.15) is 0 Å². The first-order valence-corrected chi connectivity index (χ1v) is 10.5. The molecular weight excluding hydrogens is 386 g/mol. The Morgan fingerprint density at radius 2 is 1.72 bits per heavy atom. The van der Waals surface area contributed by atoms with Gasteiger partial charge in [-0.05, 0) is 49.2 Å². The molecule has 7 heteroatoms. The minimum Gasteiger partial charge on any atom is -0.493 e. The smallest absolute Gasteiger partial charge is 0.254 e. The first-order chi connectivity index (χ1) is 14.0. The zero-order chi connectivity index (χ0) is 20.5. The van der Waals surface area contributed by atoms with Crippen molar-refractivity contribution in [2.75, 3.05) is 45.3 Å². The number of piperazine rings is 1. The second-order valence-corrected chi connectivity index (χ2v) is 8.25. The van der Waals surface area contributed by atoms with Crippen LogP contribution in [0.15, 0.2) is 30.3 Å². The molecule has 152 valence electrons. The molecule has 0 unspecified atom stereocenters. The highest BCUT2D eigenvalue weighted by Crippen LogP contribution is 2.33. The van der Waals surface area contributed by atoms with Gasteiger partial charge >= 0.3 is 0 Å². The number of ether oxygens (including phenoxy) is 2. The molecule has 0 bridgehead atoms. The summed E-state index contributed by atoms with van der Waals surface area (Å²) in [6, 6.07) is 9.64. The third-order valence-electron chi connectivity index (χ3n) is 5.28. The Balaban J connectivity index is 1.47. The number of fused-ring (bicyclic) bond motifs is 1. The number of amides is 1. The van der Waals surface area contributed by atoms with E-state index in [4.69, 9.17) is 14.5 Å². The predicted molar refractivity (Wildman–Crippen MR) is 117 cm³/mol. The topological polar surface area (TPSA) is 54.9 Å². The van der Waals surface area contributed by atoms with Gasteiger partial charge < -0.3 is 19.3 Å². The minimum atomic E-state index is 0.0152. The third-order valence-corrected chi connectivity index (χ3v) is 6.54. The molecule has 0 saturated carbocycles. The van der Waals surface area contributed by atoms with Crippen molar-refractivity contribution in [2.24, 2.45) is 0 Å². The number of carbonyl (C=O) groups is 1. The summed E-state index contributed by atoms with van der Waals surface area (Å²) in [6.07, 6.45) is 0. The maximum Gasteiger partial charge on any atom is 0.254 e. The summed E-state index contributed by atoms with van der Waals surface area (Å²) in [5, 5.41) is 1.03. The molecule has 1 fully saturated rings. The fourth-order valence-electron chi connectivity index (χ4n) is 3.75. The Morgan fingerprint density at radius 3 is 2.41 bits per heavy atom. The fraction of sp³-hybridized carbons (Fsp3) is 0.364. The molecule has 1 aliphatic heterocycles. The number of nitrogens with zero attached hydrogens (tertiary/aromatic N) is 3. The van der Waals surface area contributed by atoms with Gasteiger partial charge in [0.15, 0.2) is 16.6 Å². The summed E-state index contributed by atoms with van der Waals surface area (Å²) < 4.78 is 11.8. The summed E-state index contributed by atoms with van der Waals surface area (Å²) in [5.41, 5.74) is 4.18. The lowest BCUT2D eigenvalue weighted by atomic mass is 10.1. The fourth-order valence-corrected chi connectivity index (χ4v) is 4.82. The highest BCUT2D eigenvalue weighted by atomic mass is 32.1. The van der Waals surface area contributed by atoms with E-state index in [1.807, 2.05) is 4.90 Å². The molecule has 1 aromatic heterocycles. The lowest BCUT2D eigenvalue weighted by molar-refractivity contribution is 0.0746. The zero-order valence-corrected chi connectivity index (χ0v) is 18.0. The van der Waals surface area contributed by atoms with Gasteiger partial charge in [-0.25, -0.2) is 4.98 Å².